The Labute approximate surface area is 89.0 Å². The molecule has 0 unspecified atom stereocenters. The van der Waals surface area contributed by atoms with Gasteiger partial charge in [0, 0.05) is 6.07 Å². The first-order valence-corrected chi connectivity index (χ1v) is 4.15. The van der Waals surface area contributed by atoms with Gasteiger partial charge in [-0.25, -0.2) is 0 Å². The number of rotatable bonds is 2. The van der Waals surface area contributed by atoms with E-state index in [0.717, 1.165) is 0 Å². The third kappa shape index (κ3) is 1.25. The predicted molar refractivity (Wildman–Crippen MR) is 49.3 cm³/mol. The quantitative estimate of drug-likeness (QED) is 0.418. The lowest BCUT2D eigenvalue weighted by molar-refractivity contribution is -0.385. The number of carbonyl (C=O) groups excluding carboxylic acids is 1. The van der Waals surface area contributed by atoms with Crippen LogP contribution in [0.2, 0.25) is 0 Å². The molecule has 0 spiro atoms. The Bertz CT molecular complexity index is 532. The topological polar surface area (TPSA) is 102 Å². The molecule has 0 saturated heterocycles. The van der Waals surface area contributed by atoms with Crippen molar-refractivity contribution in [2.75, 3.05) is 6.79 Å². The molecule has 0 aromatic heterocycles. The summed E-state index contributed by atoms with van der Waals surface area (Å²) in [6.45, 7) is -0.122. The number of nitriles is 1. The lowest BCUT2D eigenvalue weighted by Crippen LogP contribution is -1.99. The molecular formula is C9H4N2O5. The largest absolute Gasteiger partial charge is 0.454 e. The molecule has 0 bridgehead atoms. The van der Waals surface area contributed by atoms with E-state index in [0.29, 0.717) is 6.29 Å². The molecular weight excluding hydrogens is 216 g/mol. The van der Waals surface area contributed by atoms with Gasteiger partial charge in [0.2, 0.25) is 6.79 Å². The number of hydrogen-bond acceptors (Lipinski definition) is 6. The van der Waals surface area contributed by atoms with Crippen LogP contribution in [0.3, 0.4) is 0 Å². The van der Waals surface area contributed by atoms with Gasteiger partial charge in [-0.3, -0.25) is 14.9 Å². The molecule has 1 aliphatic heterocycles. The van der Waals surface area contributed by atoms with Gasteiger partial charge in [0.15, 0.2) is 23.3 Å². The molecule has 1 aliphatic rings. The van der Waals surface area contributed by atoms with Crippen molar-refractivity contribution < 1.29 is 19.2 Å². The number of benzene rings is 1. The van der Waals surface area contributed by atoms with Crippen molar-refractivity contribution in [3.63, 3.8) is 0 Å². The van der Waals surface area contributed by atoms with Gasteiger partial charge in [-0.15, -0.1) is 0 Å². The SMILES string of the molecule is N#Cc1c2c(cc(C=O)c1[N+](=O)[O-])OCO2. The maximum absolute atomic E-state index is 10.8. The molecule has 7 nitrogen and oxygen atoms in total. The van der Waals surface area contributed by atoms with Crippen molar-refractivity contribution in [3.8, 4) is 17.6 Å². The lowest BCUT2D eigenvalue weighted by atomic mass is 10.1. The molecule has 0 radical (unpaired) electrons. The van der Waals surface area contributed by atoms with Gasteiger partial charge in [-0.05, 0) is 0 Å². The number of nitrogens with zero attached hydrogens (tertiary/aromatic N) is 2. The van der Waals surface area contributed by atoms with Crippen LogP contribution < -0.4 is 9.47 Å². The minimum atomic E-state index is -0.787. The number of aldehydes is 1. The van der Waals surface area contributed by atoms with E-state index < -0.39 is 10.6 Å². The molecule has 16 heavy (non-hydrogen) atoms. The number of fused-ring (bicyclic) bond motifs is 1. The summed E-state index contributed by atoms with van der Waals surface area (Å²) in [6, 6.07) is 2.84. The smallest absolute Gasteiger partial charge is 0.301 e. The molecule has 0 fully saturated rings. The van der Waals surface area contributed by atoms with Crippen molar-refractivity contribution in [1.29, 1.82) is 5.26 Å². The van der Waals surface area contributed by atoms with Crippen LogP contribution in [-0.2, 0) is 0 Å². The molecule has 0 aliphatic carbocycles. The molecule has 0 N–H and O–H groups in total. The second-order valence-electron chi connectivity index (χ2n) is 2.91. The van der Waals surface area contributed by atoms with Crippen molar-refractivity contribution >= 4 is 12.0 Å². The van der Waals surface area contributed by atoms with E-state index in [4.69, 9.17) is 14.7 Å². The summed E-state index contributed by atoms with van der Waals surface area (Å²) in [5, 5.41) is 19.6. The third-order valence-electron chi connectivity index (χ3n) is 2.09. The van der Waals surface area contributed by atoms with Crippen LogP contribution in [0, 0.1) is 21.4 Å². The second-order valence-corrected chi connectivity index (χ2v) is 2.91. The monoisotopic (exact) mass is 220 g/mol. The molecule has 7 heteroatoms. The van der Waals surface area contributed by atoms with Crippen LogP contribution in [-0.4, -0.2) is 18.0 Å². The average molecular weight is 220 g/mol. The molecule has 0 saturated carbocycles. The van der Waals surface area contributed by atoms with E-state index in [2.05, 4.69) is 0 Å². The van der Waals surface area contributed by atoms with Gasteiger partial charge in [0.25, 0.3) is 0 Å². The minimum Gasteiger partial charge on any atom is -0.454 e. The number of hydrogen-bond donors (Lipinski definition) is 0. The molecule has 1 aromatic carbocycles. The Morgan fingerprint density at radius 3 is 2.88 bits per heavy atom. The molecule has 80 valence electrons. The molecule has 0 atom stereocenters. The maximum atomic E-state index is 10.8. The van der Waals surface area contributed by atoms with Gasteiger partial charge in [-0.1, -0.05) is 0 Å². The van der Waals surface area contributed by atoms with Gasteiger partial charge in [-0.2, -0.15) is 5.26 Å². The zero-order chi connectivity index (χ0) is 11.7. The van der Waals surface area contributed by atoms with Crippen LogP contribution >= 0.6 is 0 Å². The highest BCUT2D eigenvalue weighted by Crippen LogP contribution is 2.41. The van der Waals surface area contributed by atoms with E-state index in [1.165, 1.54) is 6.07 Å². The van der Waals surface area contributed by atoms with Gasteiger partial charge in [0.05, 0.1) is 10.5 Å². The molecule has 1 aromatic rings. The van der Waals surface area contributed by atoms with Crippen LogP contribution in [0.4, 0.5) is 5.69 Å². The highest BCUT2D eigenvalue weighted by molar-refractivity contribution is 5.86. The third-order valence-corrected chi connectivity index (χ3v) is 2.09. The Balaban J connectivity index is 2.81. The average Bonchev–Trinajstić information content (AvgIpc) is 2.73. The fourth-order valence-electron chi connectivity index (χ4n) is 1.44. The first kappa shape index (κ1) is 9.92. The zero-order valence-electron chi connectivity index (χ0n) is 7.80. The summed E-state index contributed by atoms with van der Waals surface area (Å²) in [5.74, 6) is 0.184. The normalized spacial score (nSPS) is 11.9. The fraction of sp³-hybridized carbons (Fsp3) is 0.111. The first-order valence-electron chi connectivity index (χ1n) is 4.15. The summed E-state index contributed by atoms with van der Waals surface area (Å²) in [6.07, 6.45) is 0.306. The number of carbonyl (C=O) groups is 1. The van der Waals surface area contributed by atoms with E-state index in [1.807, 2.05) is 0 Å². The second kappa shape index (κ2) is 3.51. The summed E-state index contributed by atoms with van der Waals surface area (Å²) in [5.41, 5.74) is -1.05. The summed E-state index contributed by atoms with van der Waals surface area (Å²) in [4.78, 5) is 20.7. The van der Waals surface area contributed by atoms with E-state index in [-0.39, 0.29) is 29.4 Å². The van der Waals surface area contributed by atoms with Gasteiger partial charge >= 0.3 is 5.69 Å². The Morgan fingerprint density at radius 1 is 1.56 bits per heavy atom. The Morgan fingerprint density at radius 2 is 2.31 bits per heavy atom. The highest BCUT2D eigenvalue weighted by Gasteiger charge is 2.30. The van der Waals surface area contributed by atoms with Crippen LogP contribution in [0.25, 0.3) is 0 Å². The minimum absolute atomic E-state index is 0.0137. The maximum Gasteiger partial charge on any atom is 0.301 e. The van der Waals surface area contributed by atoms with E-state index in [1.54, 1.807) is 6.07 Å². The van der Waals surface area contributed by atoms with Crippen LogP contribution in [0.15, 0.2) is 6.07 Å². The summed E-state index contributed by atoms with van der Waals surface area (Å²) in [7, 11) is 0. The Kier molecular flexibility index (Phi) is 2.17. The lowest BCUT2D eigenvalue weighted by Gasteiger charge is -2.02. The fourth-order valence-corrected chi connectivity index (χ4v) is 1.44. The Hall–Kier alpha value is -2.62. The van der Waals surface area contributed by atoms with Gasteiger partial charge < -0.3 is 9.47 Å². The summed E-state index contributed by atoms with van der Waals surface area (Å²) < 4.78 is 9.91. The first-order chi connectivity index (χ1) is 7.69. The number of nitro groups is 1. The van der Waals surface area contributed by atoms with Gasteiger partial charge in [0.1, 0.15) is 6.07 Å². The standard InChI is InChI=1S/C9H4N2O5/c10-2-6-8(11(13)14)5(3-12)1-7-9(6)16-4-15-7/h1,3H,4H2. The van der Waals surface area contributed by atoms with Crippen molar-refractivity contribution in [1.82, 2.24) is 0 Å². The molecule has 2 rings (SSSR count). The van der Waals surface area contributed by atoms with E-state index >= 15 is 0 Å². The molecule has 0 amide bonds. The zero-order valence-corrected chi connectivity index (χ0v) is 7.80. The predicted octanol–water partition coefficient (Wildman–Crippen LogP) is 1.01. The number of nitro benzene ring substituents is 1. The van der Waals surface area contributed by atoms with Crippen molar-refractivity contribution in [2.24, 2.45) is 0 Å². The van der Waals surface area contributed by atoms with Crippen LogP contribution in [0.5, 0.6) is 11.5 Å². The highest BCUT2D eigenvalue weighted by atomic mass is 16.7. The van der Waals surface area contributed by atoms with Crippen molar-refractivity contribution in [2.45, 2.75) is 0 Å². The van der Waals surface area contributed by atoms with Crippen molar-refractivity contribution in [3.05, 3.63) is 27.3 Å². The van der Waals surface area contributed by atoms with Crippen LogP contribution in [0.1, 0.15) is 15.9 Å². The van der Waals surface area contributed by atoms with E-state index in [9.17, 15) is 14.9 Å². The number of ether oxygens (including phenoxy) is 2. The summed E-state index contributed by atoms with van der Waals surface area (Å²) >= 11 is 0. The molecule has 1 heterocycles.